The molecule has 0 amide bonds. The van der Waals surface area contributed by atoms with Gasteiger partial charge in [0, 0.05) is 17.3 Å². The minimum atomic E-state index is -0.327. The van der Waals surface area contributed by atoms with Crippen LogP contribution in [0.2, 0.25) is 5.02 Å². The molecule has 1 aromatic heterocycles. The molecule has 0 aliphatic heterocycles. The van der Waals surface area contributed by atoms with Crippen molar-refractivity contribution >= 4 is 11.6 Å². The number of methoxy groups -OCH3 is 1. The van der Waals surface area contributed by atoms with Gasteiger partial charge in [-0.3, -0.25) is 4.98 Å². The van der Waals surface area contributed by atoms with Crippen LogP contribution in [0.4, 0.5) is 4.39 Å². The fourth-order valence-corrected chi connectivity index (χ4v) is 2.44. The summed E-state index contributed by atoms with van der Waals surface area (Å²) in [4.78, 5) is 4.18. The number of ether oxygens (including phenoxy) is 1. The van der Waals surface area contributed by atoms with E-state index in [-0.39, 0.29) is 11.9 Å². The van der Waals surface area contributed by atoms with Gasteiger partial charge in [-0.1, -0.05) is 24.6 Å². The summed E-state index contributed by atoms with van der Waals surface area (Å²) in [6, 6.07) is 6.46. The van der Waals surface area contributed by atoms with E-state index in [1.165, 1.54) is 12.1 Å². The Morgan fingerprint density at radius 3 is 2.81 bits per heavy atom. The summed E-state index contributed by atoms with van der Waals surface area (Å²) in [6.07, 6.45) is 4.12. The van der Waals surface area contributed by atoms with Gasteiger partial charge in [0.25, 0.3) is 0 Å². The number of likely N-dealkylation sites (N-methyl/N-ethyl adjacent to an activating group) is 1. The van der Waals surface area contributed by atoms with Crippen molar-refractivity contribution < 1.29 is 9.13 Å². The van der Waals surface area contributed by atoms with Gasteiger partial charge in [0.1, 0.15) is 11.6 Å². The topological polar surface area (TPSA) is 34.2 Å². The third-order valence-electron chi connectivity index (χ3n) is 3.26. The maximum Gasteiger partial charge on any atom is 0.137 e. The van der Waals surface area contributed by atoms with E-state index in [9.17, 15) is 4.39 Å². The van der Waals surface area contributed by atoms with Gasteiger partial charge in [-0.15, -0.1) is 0 Å². The molecule has 112 valence electrons. The van der Waals surface area contributed by atoms with E-state index in [0.29, 0.717) is 17.2 Å². The molecule has 1 N–H and O–H groups in total. The van der Waals surface area contributed by atoms with Gasteiger partial charge in [0.2, 0.25) is 0 Å². The van der Waals surface area contributed by atoms with Crippen molar-refractivity contribution in [2.75, 3.05) is 13.7 Å². The molecule has 2 rings (SSSR count). The number of rotatable bonds is 6. The maximum atomic E-state index is 13.1. The minimum Gasteiger partial charge on any atom is -0.495 e. The van der Waals surface area contributed by atoms with Crippen LogP contribution in [0.15, 0.2) is 36.7 Å². The van der Waals surface area contributed by atoms with Crippen LogP contribution >= 0.6 is 11.6 Å². The molecule has 3 nitrogen and oxygen atoms in total. The SMILES string of the molecule is CCNC(Cc1ccc(F)cc1Cl)c1cncc(OC)c1. The summed E-state index contributed by atoms with van der Waals surface area (Å²) in [7, 11) is 1.61. The van der Waals surface area contributed by atoms with Gasteiger partial charge < -0.3 is 10.1 Å². The Balaban J connectivity index is 2.25. The second kappa shape index (κ2) is 7.38. The van der Waals surface area contributed by atoms with Crippen LogP contribution in [0.5, 0.6) is 5.75 Å². The minimum absolute atomic E-state index is 0.0422. The van der Waals surface area contributed by atoms with E-state index in [2.05, 4.69) is 10.3 Å². The first kappa shape index (κ1) is 15.7. The van der Waals surface area contributed by atoms with E-state index >= 15 is 0 Å². The fraction of sp³-hybridized carbons (Fsp3) is 0.312. The molecule has 1 aromatic carbocycles. The van der Waals surface area contributed by atoms with Crippen molar-refractivity contribution in [2.24, 2.45) is 0 Å². The summed E-state index contributed by atoms with van der Waals surface area (Å²) < 4.78 is 18.3. The van der Waals surface area contributed by atoms with Gasteiger partial charge >= 0.3 is 0 Å². The monoisotopic (exact) mass is 308 g/mol. The number of halogens is 2. The summed E-state index contributed by atoms with van der Waals surface area (Å²) in [5.41, 5.74) is 1.91. The molecule has 0 bridgehead atoms. The normalized spacial score (nSPS) is 12.2. The average molecular weight is 309 g/mol. The van der Waals surface area contributed by atoms with E-state index in [1.54, 1.807) is 25.6 Å². The Labute approximate surface area is 129 Å². The van der Waals surface area contributed by atoms with Crippen LogP contribution in [0, 0.1) is 5.82 Å². The van der Waals surface area contributed by atoms with E-state index in [4.69, 9.17) is 16.3 Å². The lowest BCUT2D eigenvalue weighted by Gasteiger charge is -2.19. The van der Waals surface area contributed by atoms with Crippen molar-refractivity contribution in [3.05, 3.63) is 58.6 Å². The molecule has 2 aromatic rings. The number of aromatic nitrogens is 1. The smallest absolute Gasteiger partial charge is 0.137 e. The highest BCUT2D eigenvalue weighted by atomic mass is 35.5. The highest BCUT2D eigenvalue weighted by molar-refractivity contribution is 6.31. The summed E-state index contributed by atoms with van der Waals surface area (Å²) in [5.74, 6) is 0.382. The number of nitrogens with zero attached hydrogens (tertiary/aromatic N) is 1. The van der Waals surface area contributed by atoms with Gasteiger partial charge in [-0.05, 0) is 42.3 Å². The third-order valence-corrected chi connectivity index (χ3v) is 3.61. The van der Waals surface area contributed by atoms with Gasteiger partial charge in [-0.25, -0.2) is 4.39 Å². The Bertz CT molecular complexity index is 607. The molecule has 0 aliphatic rings. The molecular formula is C16H18ClFN2O. The Morgan fingerprint density at radius 1 is 1.33 bits per heavy atom. The number of benzene rings is 1. The molecule has 0 radical (unpaired) electrons. The lowest BCUT2D eigenvalue weighted by Crippen LogP contribution is -2.23. The van der Waals surface area contributed by atoms with Crippen LogP contribution in [-0.4, -0.2) is 18.6 Å². The van der Waals surface area contributed by atoms with E-state index in [1.807, 2.05) is 13.0 Å². The van der Waals surface area contributed by atoms with Gasteiger partial charge in [0.05, 0.1) is 13.3 Å². The highest BCUT2D eigenvalue weighted by Gasteiger charge is 2.14. The van der Waals surface area contributed by atoms with Crippen LogP contribution in [0.1, 0.15) is 24.1 Å². The maximum absolute atomic E-state index is 13.1. The molecular weight excluding hydrogens is 291 g/mol. The molecule has 0 saturated heterocycles. The van der Waals surface area contributed by atoms with Crippen molar-refractivity contribution in [2.45, 2.75) is 19.4 Å². The third kappa shape index (κ3) is 4.16. The first-order valence-electron chi connectivity index (χ1n) is 6.80. The largest absolute Gasteiger partial charge is 0.495 e. The lowest BCUT2D eigenvalue weighted by molar-refractivity contribution is 0.410. The lowest BCUT2D eigenvalue weighted by atomic mass is 10.00. The Morgan fingerprint density at radius 2 is 2.14 bits per heavy atom. The van der Waals surface area contributed by atoms with Gasteiger partial charge in [-0.2, -0.15) is 0 Å². The molecule has 0 spiro atoms. The zero-order valence-electron chi connectivity index (χ0n) is 12.1. The quantitative estimate of drug-likeness (QED) is 0.882. The fourth-order valence-electron chi connectivity index (χ4n) is 2.20. The molecule has 5 heteroatoms. The second-order valence-corrected chi connectivity index (χ2v) is 5.12. The predicted octanol–water partition coefficient (Wildman–Crippen LogP) is 3.78. The number of hydrogen-bond acceptors (Lipinski definition) is 3. The molecule has 1 unspecified atom stereocenters. The summed E-state index contributed by atoms with van der Waals surface area (Å²) in [6.45, 7) is 2.84. The van der Waals surface area contributed by atoms with Crippen molar-refractivity contribution in [3.63, 3.8) is 0 Å². The van der Waals surface area contributed by atoms with Crippen molar-refractivity contribution in [1.82, 2.24) is 10.3 Å². The van der Waals surface area contributed by atoms with Crippen LogP contribution in [-0.2, 0) is 6.42 Å². The first-order valence-corrected chi connectivity index (χ1v) is 7.18. The zero-order chi connectivity index (χ0) is 15.2. The molecule has 0 fully saturated rings. The first-order chi connectivity index (χ1) is 10.1. The predicted molar refractivity (Wildman–Crippen MR) is 82.3 cm³/mol. The summed E-state index contributed by atoms with van der Waals surface area (Å²) in [5, 5.41) is 3.83. The highest BCUT2D eigenvalue weighted by Crippen LogP contribution is 2.25. The summed E-state index contributed by atoms with van der Waals surface area (Å²) >= 11 is 6.11. The zero-order valence-corrected chi connectivity index (χ0v) is 12.8. The van der Waals surface area contributed by atoms with Crippen LogP contribution in [0.3, 0.4) is 0 Å². The second-order valence-electron chi connectivity index (χ2n) is 4.71. The van der Waals surface area contributed by atoms with E-state index in [0.717, 1.165) is 17.7 Å². The number of nitrogens with one attached hydrogen (secondary N) is 1. The average Bonchev–Trinajstić information content (AvgIpc) is 2.49. The number of hydrogen-bond donors (Lipinski definition) is 1. The molecule has 21 heavy (non-hydrogen) atoms. The molecule has 1 atom stereocenters. The number of pyridine rings is 1. The van der Waals surface area contributed by atoms with Crippen molar-refractivity contribution in [3.8, 4) is 5.75 Å². The van der Waals surface area contributed by atoms with Crippen LogP contribution in [0.25, 0.3) is 0 Å². The van der Waals surface area contributed by atoms with Crippen molar-refractivity contribution in [1.29, 1.82) is 0 Å². The molecule has 0 aliphatic carbocycles. The standard InChI is InChI=1S/C16H18ClFN2O/c1-3-20-16(12-6-14(21-2)10-19-9-12)7-11-4-5-13(18)8-15(11)17/h4-6,8-10,16,20H,3,7H2,1-2H3. The Hall–Kier alpha value is -1.65. The van der Waals surface area contributed by atoms with Crippen LogP contribution < -0.4 is 10.1 Å². The molecule has 0 saturated carbocycles. The Kier molecular flexibility index (Phi) is 5.53. The van der Waals surface area contributed by atoms with Gasteiger partial charge in [0.15, 0.2) is 0 Å². The van der Waals surface area contributed by atoms with E-state index < -0.39 is 0 Å². The molecule has 1 heterocycles.